The van der Waals surface area contributed by atoms with Crippen LogP contribution in [0.15, 0.2) is 24.3 Å². The Kier molecular flexibility index (Phi) is 5.12. The third-order valence-corrected chi connectivity index (χ3v) is 4.11. The lowest BCUT2D eigenvalue weighted by atomic mass is 9.97. The van der Waals surface area contributed by atoms with Crippen LogP contribution < -0.4 is 5.73 Å². The first kappa shape index (κ1) is 16.8. The summed E-state index contributed by atoms with van der Waals surface area (Å²) < 4.78 is 5.51. The van der Waals surface area contributed by atoms with Crippen molar-refractivity contribution in [3.8, 4) is 0 Å². The average Bonchev–Trinajstić information content (AvgIpc) is 2.94. The van der Waals surface area contributed by atoms with Gasteiger partial charge in [-0.15, -0.1) is 0 Å². The van der Waals surface area contributed by atoms with E-state index >= 15 is 0 Å². The van der Waals surface area contributed by atoms with Gasteiger partial charge >= 0.3 is 6.09 Å². The lowest BCUT2D eigenvalue weighted by Gasteiger charge is -2.31. The topological polar surface area (TPSA) is 55.6 Å². The third-order valence-electron chi connectivity index (χ3n) is 4.11. The lowest BCUT2D eigenvalue weighted by Crippen LogP contribution is -2.44. The molecule has 1 amide bonds. The maximum atomic E-state index is 12.4. The van der Waals surface area contributed by atoms with Gasteiger partial charge in [-0.25, -0.2) is 4.79 Å². The molecule has 1 aromatic rings. The van der Waals surface area contributed by atoms with E-state index in [1.807, 2.05) is 20.8 Å². The molecule has 22 heavy (non-hydrogen) atoms. The second-order valence-corrected chi connectivity index (χ2v) is 7.00. The summed E-state index contributed by atoms with van der Waals surface area (Å²) in [6, 6.07) is 8.23. The summed E-state index contributed by atoms with van der Waals surface area (Å²) in [5.41, 5.74) is 8.34. The Hall–Kier alpha value is -1.55. The van der Waals surface area contributed by atoms with Crippen molar-refractivity contribution in [1.29, 1.82) is 0 Å². The quantitative estimate of drug-likeness (QED) is 0.927. The standard InChI is InChI=1S/C18H28N2O2/c1-5-13-8-10-14(11-9-13)16(19)15-7-6-12-20(15)17(21)22-18(2,3)4/h8-11,15-16H,5-7,12,19H2,1-4H3. The van der Waals surface area contributed by atoms with Crippen LogP contribution in [0.4, 0.5) is 4.79 Å². The highest BCUT2D eigenvalue weighted by molar-refractivity contribution is 5.69. The zero-order valence-electron chi connectivity index (χ0n) is 14.1. The minimum Gasteiger partial charge on any atom is -0.444 e. The maximum absolute atomic E-state index is 12.4. The number of hydrogen-bond acceptors (Lipinski definition) is 3. The van der Waals surface area contributed by atoms with Crippen molar-refractivity contribution in [2.75, 3.05) is 6.54 Å². The number of nitrogens with two attached hydrogens (primary N) is 1. The number of likely N-dealkylation sites (tertiary alicyclic amines) is 1. The second-order valence-electron chi connectivity index (χ2n) is 7.00. The van der Waals surface area contributed by atoms with Gasteiger partial charge in [0.15, 0.2) is 0 Å². The van der Waals surface area contributed by atoms with Crippen LogP contribution in [0.3, 0.4) is 0 Å². The Bertz CT molecular complexity index is 505. The minimum atomic E-state index is -0.475. The molecule has 0 aromatic heterocycles. The van der Waals surface area contributed by atoms with E-state index < -0.39 is 5.60 Å². The number of amides is 1. The summed E-state index contributed by atoms with van der Waals surface area (Å²) in [6.07, 6.45) is 2.67. The van der Waals surface area contributed by atoms with Crippen molar-refractivity contribution in [3.63, 3.8) is 0 Å². The van der Waals surface area contributed by atoms with Gasteiger partial charge in [0.1, 0.15) is 5.60 Å². The number of hydrogen-bond donors (Lipinski definition) is 1. The normalized spacial score (nSPS) is 20.0. The molecular formula is C18H28N2O2. The summed E-state index contributed by atoms with van der Waals surface area (Å²) in [6.45, 7) is 8.52. The van der Waals surface area contributed by atoms with Gasteiger partial charge in [-0.2, -0.15) is 0 Å². The van der Waals surface area contributed by atoms with E-state index in [2.05, 4.69) is 31.2 Å². The van der Waals surface area contributed by atoms with Crippen molar-refractivity contribution in [2.24, 2.45) is 5.73 Å². The fourth-order valence-corrected chi connectivity index (χ4v) is 2.91. The highest BCUT2D eigenvalue weighted by Gasteiger charge is 2.36. The molecule has 2 atom stereocenters. The Labute approximate surface area is 133 Å². The van der Waals surface area contributed by atoms with Gasteiger partial charge in [0.25, 0.3) is 0 Å². The molecule has 2 rings (SSSR count). The van der Waals surface area contributed by atoms with E-state index in [0.29, 0.717) is 0 Å². The van der Waals surface area contributed by atoms with E-state index in [-0.39, 0.29) is 18.2 Å². The minimum absolute atomic E-state index is 0.0160. The molecule has 1 fully saturated rings. The zero-order valence-corrected chi connectivity index (χ0v) is 14.1. The molecule has 0 bridgehead atoms. The van der Waals surface area contributed by atoms with E-state index in [1.54, 1.807) is 4.90 Å². The average molecular weight is 304 g/mol. The molecule has 4 heteroatoms. The summed E-state index contributed by atoms with van der Waals surface area (Å²) in [5.74, 6) is 0. The number of ether oxygens (including phenoxy) is 1. The van der Waals surface area contributed by atoms with Gasteiger partial charge in [0.05, 0.1) is 12.1 Å². The Balaban J connectivity index is 2.10. The van der Waals surface area contributed by atoms with Crippen LogP contribution in [0, 0.1) is 0 Å². The van der Waals surface area contributed by atoms with Crippen molar-refractivity contribution in [1.82, 2.24) is 4.90 Å². The predicted molar refractivity (Wildman–Crippen MR) is 88.7 cm³/mol. The third kappa shape index (κ3) is 4.01. The van der Waals surface area contributed by atoms with Gasteiger partial charge < -0.3 is 15.4 Å². The first-order valence-corrected chi connectivity index (χ1v) is 8.16. The lowest BCUT2D eigenvalue weighted by molar-refractivity contribution is 0.0206. The van der Waals surface area contributed by atoms with Gasteiger partial charge in [0.2, 0.25) is 0 Å². The fraction of sp³-hybridized carbons (Fsp3) is 0.611. The molecule has 4 nitrogen and oxygen atoms in total. The predicted octanol–water partition coefficient (Wildman–Crippen LogP) is 3.65. The first-order valence-electron chi connectivity index (χ1n) is 8.16. The molecule has 0 radical (unpaired) electrons. The molecule has 1 aromatic carbocycles. The SMILES string of the molecule is CCc1ccc(C(N)C2CCCN2C(=O)OC(C)(C)C)cc1. The fourth-order valence-electron chi connectivity index (χ4n) is 2.91. The van der Waals surface area contributed by atoms with Crippen molar-refractivity contribution in [3.05, 3.63) is 35.4 Å². The maximum Gasteiger partial charge on any atom is 0.410 e. The smallest absolute Gasteiger partial charge is 0.410 e. The number of nitrogens with zero attached hydrogens (tertiary/aromatic N) is 1. The molecule has 1 saturated heterocycles. The van der Waals surface area contributed by atoms with Crippen molar-refractivity contribution >= 4 is 6.09 Å². The highest BCUT2D eigenvalue weighted by Crippen LogP contribution is 2.29. The molecule has 2 N–H and O–H groups in total. The van der Waals surface area contributed by atoms with Gasteiger partial charge in [-0.3, -0.25) is 0 Å². The number of aryl methyl sites for hydroxylation is 1. The number of carbonyl (C=O) groups excluding carboxylic acids is 1. The molecular weight excluding hydrogens is 276 g/mol. The molecule has 0 spiro atoms. The summed E-state index contributed by atoms with van der Waals surface area (Å²) in [5, 5.41) is 0. The first-order chi connectivity index (χ1) is 10.3. The number of benzene rings is 1. The van der Waals surface area contributed by atoms with E-state index in [9.17, 15) is 4.79 Å². The summed E-state index contributed by atoms with van der Waals surface area (Å²) in [7, 11) is 0. The van der Waals surface area contributed by atoms with Crippen molar-refractivity contribution < 1.29 is 9.53 Å². The van der Waals surface area contributed by atoms with Gasteiger partial charge in [-0.1, -0.05) is 31.2 Å². The van der Waals surface area contributed by atoms with E-state index in [0.717, 1.165) is 31.4 Å². The largest absolute Gasteiger partial charge is 0.444 e. The van der Waals surface area contributed by atoms with Crippen LogP contribution in [0.5, 0.6) is 0 Å². The Morgan fingerprint density at radius 3 is 2.55 bits per heavy atom. The van der Waals surface area contributed by atoms with Gasteiger partial charge in [-0.05, 0) is 51.2 Å². The molecule has 122 valence electrons. The van der Waals surface area contributed by atoms with Crippen LogP contribution in [-0.2, 0) is 11.2 Å². The van der Waals surface area contributed by atoms with Crippen LogP contribution in [-0.4, -0.2) is 29.2 Å². The molecule has 2 unspecified atom stereocenters. The molecule has 1 aliphatic heterocycles. The molecule has 1 heterocycles. The van der Waals surface area contributed by atoms with Crippen molar-refractivity contribution in [2.45, 2.75) is 64.6 Å². The monoisotopic (exact) mass is 304 g/mol. The van der Waals surface area contributed by atoms with Crippen LogP contribution in [0.25, 0.3) is 0 Å². The Morgan fingerprint density at radius 2 is 2.00 bits per heavy atom. The van der Waals surface area contributed by atoms with Gasteiger partial charge in [0, 0.05) is 6.54 Å². The molecule has 0 saturated carbocycles. The molecule has 1 aliphatic rings. The summed E-state index contributed by atoms with van der Waals surface area (Å²) >= 11 is 0. The van der Waals surface area contributed by atoms with Crippen LogP contribution >= 0.6 is 0 Å². The van der Waals surface area contributed by atoms with Crippen LogP contribution in [0.1, 0.15) is 57.7 Å². The number of carbonyl (C=O) groups is 1. The second kappa shape index (κ2) is 6.69. The van der Waals surface area contributed by atoms with E-state index in [4.69, 9.17) is 10.5 Å². The van der Waals surface area contributed by atoms with E-state index in [1.165, 1.54) is 5.56 Å². The number of rotatable bonds is 3. The molecule has 0 aliphatic carbocycles. The summed E-state index contributed by atoms with van der Waals surface area (Å²) in [4.78, 5) is 14.2. The Morgan fingerprint density at radius 1 is 1.36 bits per heavy atom. The zero-order chi connectivity index (χ0) is 16.3. The van der Waals surface area contributed by atoms with Crippen LogP contribution in [0.2, 0.25) is 0 Å². The highest BCUT2D eigenvalue weighted by atomic mass is 16.6.